The smallest absolute Gasteiger partial charge is 0.264 e. The number of aromatic nitrogens is 3. The van der Waals surface area contributed by atoms with Crippen LogP contribution in [0.4, 0.5) is 17.1 Å². The van der Waals surface area contributed by atoms with E-state index in [4.69, 9.17) is 5.11 Å². The van der Waals surface area contributed by atoms with Crippen molar-refractivity contribution in [1.29, 1.82) is 0 Å². The van der Waals surface area contributed by atoms with Crippen LogP contribution in [-0.4, -0.2) is 50.7 Å². The zero-order valence-corrected chi connectivity index (χ0v) is 26.1. The molecule has 2 N–H and O–H groups in total. The Morgan fingerprint density at radius 1 is 1.07 bits per heavy atom. The van der Waals surface area contributed by atoms with Crippen LogP contribution in [0, 0.1) is 5.92 Å². The number of aliphatic hydroxyl groups is 2. The van der Waals surface area contributed by atoms with E-state index in [0.717, 1.165) is 24.9 Å². The molecule has 232 valence electrons. The number of carbonyl (C=O) groups is 2. The molecule has 1 aliphatic heterocycles. The topological polar surface area (TPSA) is 112 Å². The molecule has 0 fully saturated rings. The maximum atomic E-state index is 14.1. The second kappa shape index (κ2) is 14.9. The van der Waals surface area contributed by atoms with E-state index in [2.05, 4.69) is 37.2 Å². The first-order chi connectivity index (χ1) is 21.2. The zero-order valence-electron chi connectivity index (χ0n) is 26.1. The Hall–Kier alpha value is -4.34. The lowest BCUT2D eigenvalue weighted by molar-refractivity contribution is -0.139. The van der Waals surface area contributed by atoms with E-state index in [1.54, 1.807) is 27.9 Å². The van der Waals surface area contributed by atoms with E-state index in [1.807, 2.05) is 61.5 Å². The molecule has 2 heterocycles. The fourth-order valence-electron chi connectivity index (χ4n) is 5.39. The van der Waals surface area contributed by atoms with E-state index in [9.17, 15) is 14.7 Å². The summed E-state index contributed by atoms with van der Waals surface area (Å²) < 4.78 is 1.71. The van der Waals surface area contributed by atoms with E-state index < -0.39 is 17.4 Å². The zero-order chi connectivity index (χ0) is 31.7. The lowest BCUT2D eigenvalue weighted by Gasteiger charge is -2.28. The number of carbonyl (C=O) groups excluding carboxylic acids is 2. The number of hydrogen-bond donors (Lipinski definition) is 2. The Kier molecular flexibility index (Phi) is 11.0. The summed E-state index contributed by atoms with van der Waals surface area (Å²) in [5.74, 6) is -0.948. The molecule has 2 aromatic carbocycles. The van der Waals surface area contributed by atoms with Crippen LogP contribution in [-0.2, 0) is 28.2 Å². The summed E-state index contributed by atoms with van der Waals surface area (Å²) in [6, 6.07) is 14.6. The van der Waals surface area contributed by atoms with E-state index >= 15 is 0 Å². The number of fused-ring (bicyclic) bond motifs is 1. The highest BCUT2D eigenvalue weighted by Crippen LogP contribution is 2.47. The molecule has 2 atom stereocenters. The Morgan fingerprint density at radius 2 is 1.84 bits per heavy atom. The third-order valence-corrected chi connectivity index (χ3v) is 7.95. The molecule has 44 heavy (non-hydrogen) atoms. The molecule has 1 aromatic heterocycles. The molecule has 0 spiro atoms. The minimum atomic E-state index is -1.82. The Morgan fingerprint density at radius 3 is 2.55 bits per heavy atom. The standard InChI is InChI=1S/C35H43N5O4/c1-26(2)11-10-12-27(3)18-21-39-33-17-16-31(40(25-42)30-14-6-5-7-15-30)23-32(33)35(44,34(39)43)28(4)13-8-9-20-38-24-29(19-22-41)36-37-38/h5-8,11,13-18,23-25,28,41,44H,9-10,12,19-22H2,1-4H3/b13-8+,27-18+/t28-,35+/m0/s1. The molecule has 2 amide bonds. The monoisotopic (exact) mass is 597 g/mol. The first kappa shape index (κ1) is 32.6. The Labute approximate surface area is 259 Å². The van der Waals surface area contributed by atoms with E-state index in [1.165, 1.54) is 16.0 Å². The SMILES string of the molecule is CC(C)=CCC/C(C)=C/CN1C(=O)[C@@](O)([C@@H](C)/C=C/CCn2cc(CCO)nn2)c2cc(N(C=O)c3ccccc3)ccc21. The summed E-state index contributed by atoms with van der Waals surface area (Å²) >= 11 is 0. The van der Waals surface area contributed by atoms with Gasteiger partial charge in [0.1, 0.15) is 0 Å². The first-order valence-electron chi connectivity index (χ1n) is 15.1. The van der Waals surface area contributed by atoms with Crippen molar-refractivity contribution in [2.24, 2.45) is 5.92 Å². The quantitative estimate of drug-likeness (QED) is 0.174. The highest BCUT2D eigenvalue weighted by molar-refractivity contribution is 6.08. The maximum absolute atomic E-state index is 14.1. The van der Waals surface area contributed by atoms with Gasteiger partial charge in [-0.1, -0.05) is 65.8 Å². The van der Waals surface area contributed by atoms with Gasteiger partial charge in [0.15, 0.2) is 5.60 Å². The van der Waals surface area contributed by atoms with Crippen molar-refractivity contribution in [2.45, 2.75) is 65.5 Å². The molecule has 9 heteroatoms. The predicted molar refractivity (Wildman–Crippen MR) is 173 cm³/mol. The van der Waals surface area contributed by atoms with Crippen LogP contribution in [0.3, 0.4) is 0 Å². The first-order valence-corrected chi connectivity index (χ1v) is 15.1. The van der Waals surface area contributed by atoms with Crippen LogP contribution in [0.2, 0.25) is 0 Å². The van der Waals surface area contributed by atoms with Gasteiger partial charge in [-0.05, 0) is 70.4 Å². The molecule has 1 aliphatic rings. The van der Waals surface area contributed by atoms with Crippen LogP contribution in [0.15, 0.2) is 90.2 Å². The highest BCUT2D eigenvalue weighted by atomic mass is 16.3. The van der Waals surface area contributed by atoms with E-state index in [-0.39, 0.29) is 6.61 Å². The van der Waals surface area contributed by atoms with Crippen molar-refractivity contribution in [3.8, 4) is 0 Å². The third kappa shape index (κ3) is 7.41. The summed E-state index contributed by atoms with van der Waals surface area (Å²) in [6.45, 7) is 8.98. The average Bonchev–Trinajstić information content (AvgIpc) is 3.55. The predicted octanol–water partition coefficient (Wildman–Crippen LogP) is 5.62. The molecule has 0 aliphatic carbocycles. The number of aryl methyl sites for hydroxylation is 1. The summed E-state index contributed by atoms with van der Waals surface area (Å²) in [6.07, 6.45) is 13.5. The van der Waals surface area contributed by atoms with Gasteiger partial charge in [0.05, 0.1) is 11.4 Å². The van der Waals surface area contributed by atoms with Crippen molar-refractivity contribution in [3.63, 3.8) is 0 Å². The molecule has 4 rings (SSSR count). The number of hydrogen-bond acceptors (Lipinski definition) is 6. The van der Waals surface area contributed by atoms with Gasteiger partial charge < -0.3 is 15.1 Å². The fourth-order valence-corrected chi connectivity index (χ4v) is 5.39. The number of para-hydroxylation sites is 1. The van der Waals surface area contributed by atoms with Gasteiger partial charge in [0.2, 0.25) is 6.41 Å². The van der Waals surface area contributed by atoms with Gasteiger partial charge in [0.25, 0.3) is 5.91 Å². The molecule has 9 nitrogen and oxygen atoms in total. The fraction of sp³-hybridized carbons (Fsp3) is 0.371. The number of anilines is 3. The molecular weight excluding hydrogens is 554 g/mol. The summed E-state index contributed by atoms with van der Waals surface area (Å²) in [5.41, 5.74) is 3.70. The summed E-state index contributed by atoms with van der Waals surface area (Å²) in [4.78, 5) is 29.4. The maximum Gasteiger partial charge on any atom is 0.264 e. The largest absolute Gasteiger partial charge is 0.396 e. The number of nitrogens with zero attached hydrogens (tertiary/aromatic N) is 5. The molecule has 0 unspecified atom stereocenters. The molecule has 3 aromatic rings. The van der Waals surface area contributed by atoms with Crippen molar-refractivity contribution >= 4 is 29.4 Å². The van der Waals surface area contributed by atoms with Crippen LogP contribution < -0.4 is 9.80 Å². The number of rotatable bonds is 15. The minimum absolute atomic E-state index is 0.0180. The number of benzene rings is 2. The van der Waals surface area contributed by atoms with Crippen molar-refractivity contribution in [1.82, 2.24) is 15.0 Å². The Balaban J connectivity index is 1.62. The van der Waals surface area contributed by atoms with Crippen LogP contribution in [0.1, 0.15) is 58.2 Å². The van der Waals surface area contributed by atoms with Gasteiger partial charge in [-0.15, -0.1) is 5.10 Å². The lowest BCUT2D eigenvalue weighted by Crippen LogP contribution is -2.44. The molecule has 0 saturated heterocycles. The van der Waals surface area contributed by atoms with Gasteiger partial charge in [-0.3, -0.25) is 19.2 Å². The van der Waals surface area contributed by atoms with Crippen LogP contribution in [0.25, 0.3) is 0 Å². The van der Waals surface area contributed by atoms with Crippen molar-refractivity contribution < 1.29 is 19.8 Å². The molecular formula is C35H43N5O4. The second-order valence-corrected chi connectivity index (χ2v) is 11.5. The Bertz CT molecular complexity index is 1520. The van der Waals surface area contributed by atoms with Crippen molar-refractivity contribution in [2.75, 3.05) is 23.0 Å². The lowest BCUT2D eigenvalue weighted by atomic mass is 9.82. The van der Waals surface area contributed by atoms with E-state index in [0.29, 0.717) is 48.6 Å². The number of allylic oxidation sites excluding steroid dienone is 4. The van der Waals surface area contributed by atoms with Gasteiger partial charge >= 0.3 is 0 Å². The highest BCUT2D eigenvalue weighted by Gasteiger charge is 2.52. The van der Waals surface area contributed by atoms with Crippen LogP contribution in [0.5, 0.6) is 0 Å². The summed E-state index contributed by atoms with van der Waals surface area (Å²) in [7, 11) is 0. The number of amides is 2. The molecule has 0 saturated carbocycles. The van der Waals surface area contributed by atoms with Gasteiger partial charge in [0, 0.05) is 55.2 Å². The average molecular weight is 598 g/mol. The second-order valence-electron chi connectivity index (χ2n) is 11.5. The van der Waals surface area contributed by atoms with Gasteiger partial charge in [-0.25, -0.2) is 0 Å². The summed E-state index contributed by atoms with van der Waals surface area (Å²) in [5, 5.41) is 29.5. The van der Waals surface area contributed by atoms with Crippen molar-refractivity contribution in [3.05, 3.63) is 101 Å². The molecule has 0 radical (unpaired) electrons. The number of aliphatic hydroxyl groups excluding tert-OH is 1. The molecule has 0 bridgehead atoms. The van der Waals surface area contributed by atoms with Gasteiger partial charge in [-0.2, -0.15) is 0 Å². The minimum Gasteiger partial charge on any atom is -0.396 e. The normalized spacial score (nSPS) is 17.2. The third-order valence-electron chi connectivity index (χ3n) is 7.95. The van der Waals surface area contributed by atoms with Crippen LogP contribution >= 0.6 is 0 Å².